The van der Waals surface area contributed by atoms with Crippen molar-refractivity contribution in [3.63, 3.8) is 0 Å². The number of amides is 1. The summed E-state index contributed by atoms with van der Waals surface area (Å²) >= 11 is 0. The summed E-state index contributed by atoms with van der Waals surface area (Å²) in [6.45, 7) is 1.75. The fourth-order valence-corrected chi connectivity index (χ4v) is 4.49. The minimum atomic E-state index is -0.240. The van der Waals surface area contributed by atoms with Crippen LogP contribution in [0.4, 0.5) is 0 Å². The van der Waals surface area contributed by atoms with Crippen molar-refractivity contribution in [3.8, 4) is 0 Å². The van der Waals surface area contributed by atoms with E-state index in [1.54, 1.807) is 19.5 Å². The van der Waals surface area contributed by atoms with Crippen molar-refractivity contribution in [2.45, 2.75) is 69.0 Å². The first-order valence-electron chi connectivity index (χ1n) is 9.67. The molecule has 1 saturated heterocycles. The van der Waals surface area contributed by atoms with E-state index in [-0.39, 0.29) is 29.8 Å². The monoisotopic (exact) mass is 360 g/mol. The molecule has 142 valence electrons. The lowest BCUT2D eigenvalue weighted by Crippen LogP contribution is -2.50. The minimum Gasteiger partial charge on any atom is -0.378 e. The highest BCUT2D eigenvalue weighted by atomic mass is 16.5. The van der Waals surface area contributed by atoms with Crippen molar-refractivity contribution in [3.05, 3.63) is 30.1 Å². The molecule has 3 unspecified atom stereocenters. The lowest BCUT2D eigenvalue weighted by Gasteiger charge is -2.42. The molecule has 0 aromatic carbocycles. The molecule has 2 heterocycles. The van der Waals surface area contributed by atoms with E-state index in [2.05, 4.69) is 4.98 Å². The summed E-state index contributed by atoms with van der Waals surface area (Å²) in [5.74, 6) is 0.181. The van der Waals surface area contributed by atoms with Crippen LogP contribution in [0, 0.1) is 0 Å². The maximum absolute atomic E-state index is 13.1. The van der Waals surface area contributed by atoms with Crippen molar-refractivity contribution in [2.24, 2.45) is 0 Å². The first-order chi connectivity index (χ1) is 12.7. The SMILES string of the molecule is COC1(CC(=O)N2CCOC3CCC2C3OCc2ccncc2)CCC1. The molecular weight excluding hydrogens is 332 g/mol. The fraction of sp³-hybridized carbons (Fsp3) is 0.700. The van der Waals surface area contributed by atoms with Gasteiger partial charge in [0, 0.05) is 26.0 Å². The number of aromatic nitrogens is 1. The summed E-state index contributed by atoms with van der Waals surface area (Å²) in [5.41, 5.74) is 0.852. The Bertz CT molecular complexity index is 614. The molecule has 2 saturated carbocycles. The van der Waals surface area contributed by atoms with E-state index in [9.17, 15) is 4.79 Å². The van der Waals surface area contributed by atoms with Gasteiger partial charge in [-0.3, -0.25) is 9.78 Å². The van der Waals surface area contributed by atoms with Gasteiger partial charge in [-0.05, 0) is 49.8 Å². The second-order valence-corrected chi connectivity index (χ2v) is 7.69. The second-order valence-electron chi connectivity index (χ2n) is 7.69. The van der Waals surface area contributed by atoms with E-state index >= 15 is 0 Å². The zero-order valence-electron chi connectivity index (χ0n) is 15.4. The third kappa shape index (κ3) is 3.50. The Morgan fingerprint density at radius 3 is 2.85 bits per heavy atom. The molecule has 6 heteroatoms. The average molecular weight is 360 g/mol. The smallest absolute Gasteiger partial charge is 0.225 e. The molecule has 4 rings (SSSR count). The summed E-state index contributed by atoms with van der Waals surface area (Å²) in [6, 6.07) is 4.02. The van der Waals surface area contributed by atoms with E-state index in [1.165, 1.54) is 0 Å². The zero-order chi connectivity index (χ0) is 18.0. The van der Waals surface area contributed by atoms with Gasteiger partial charge in [-0.2, -0.15) is 0 Å². The standard InChI is InChI=1S/C20H28N2O4/c1-24-20(7-2-8-20)13-18(23)22-11-12-25-17-4-3-16(22)19(17)26-14-15-5-9-21-10-6-15/h5-6,9-10,16-17,19H,2-4,7-8,11-14H2,1H3. The van der Waals surface area contributed by atoms with Crippen LogP contribution < -0.4 is 0 Å². The normalized spacial score (nSPS) is 29.9. The van der Waals surface area contributed by atoms with Crippen molar-refractivity contribution in [1.82, 2.24) is 9.88 Å². The summed E-state index contributed by atoms with van der Waals surface area (Å²) in [7, 11) is 1.73. The van der Waals surface area contributed by atoms with Crippen LogP contribution in [0.2, 0.25) is 0 Å². The highest BCUT2D eigenvalue weighted by Crippen LogP contribution is 2.40. The van der Waals surface area contributed by atoms with Crippen LogP contribution in [-0.2, 0) is 25.6 Å². The molecule has 3 atom stereocenters. The first kappa shape index (κ1) is 17.9. The highest BCUT2D eigenvalue weighted by molar-refractivity contribution is 5.78. The lowest BCUT2D eigenvalue weighted by atomic mass is 9.77. The fourth-order valence-electron chi connectivity index (χ4n) is 4.49. The molecule has 6 nitrogen and oxygen atoms in total. The van der Waals surface area contributed by atoms with Gasteiger partial charge >= 0.3 is 0 Å². The van der Waals surface area contributed by atoms with Gasteiger partial charge in [0.15, 0.2) is 0 Å². The quantitative estimate of drug-likeness (QED) is 0.779. The first-order valence-corrected chi connectivity index (χ1v) is 9.67. The third-order valence-electron chi connectivity index (χ3n) is 6.24. The number of carbonyl (C=O) groups excluding carboxylic acids is 1. The second kappa shape index (κ2) is 7.62. The van der Waals surface area contributed by atoms with Gasteiger partial charge in [-0.1, -0.05) is 0 Å². The molecule has 1 aromatic heterocycles. The van der Waals surface area contributed by atoms with E-state index in [1.807, 2.05) is 17.0 Å². The predicted octanol–water partition coefficient (Wildman–Crippen LogP) is 2.32. The van der Waals surface area contributed by atoms with Crippen LogP contribution in [0.1, 0.15) is 44.1 Å². The molecule has 26 heavy (non-hydrogen) atoms. The van der Waals surface area contributed by atoms with Gasteiger partial charge in [0.1, 0.15) is 6.10 Å². The van der Waals surface area contributed by atoms with Crippen LogP contribution >= 0.6 is 0 Å². The van der Waals surface area contributed by atoms with Crippen LogP contribution in [0.15, 0.2) is 24.5 Å². The van der Waals surface area contributed by atoms with Crippen LogP contribution in [0.25, 0.3) is 0 Å². The van der Waals surface area contributed by atoms with Crippen molar-refractivity contribution in [1.29, 1.82) is 0 Å². The summed E-state index contributed by atoms with van der Waals surface area (Å²) in [4.78, 5) is 19.1. The molecule has 0 radical (unpaired) electrons. The third-order valence-corrected chi connectivity index (χ3v) is 6.24. The number of fused-ring (bicyclic) bond motifs is 2. The van der Waals surface area contributed by atoms with Gasteiger partial charge in [-0.15, -0.1) is 0 Å². The number of hydrogen-bond acceptors (Lipinski definition) is 5. The molecule has 0 N–H and O–H groups in total. The number of nitrogens with zero attached hydrogens (tertiary/aromatic N) is 2. The molecule has 1 aromatic rings. The Kier molecular flexibility index (Phi) is 5.25. The number of rotatable bonds is 6. The maximum atomic E-state index is 13.1. The van der Waals surface area contributed by atoms with E-state index in [0.29, 0.717) is 26.2 Å². The van der Waals surface area contributed by atoms with Gasteiger partial charge < -0.3 is 19.1 Å². The molecular formula is C20H28N2O4. The number of pyridine rings is 1. The molecule has 3 aliphatic rings. The maximum Gasteiger partial charge on any atom is 0.225 e. The summed E-state index contributed by atoms with van der Waals surface area (Å²) in [5, 5.41) is 0. The Balaban J connectivity index is 1.43. The Hall–Kier alpha value is -1.50. The number of methoxy groups -OCH3 is 1. The van der Waals surface area contributed by atoms with Crippen molar-refractivity contribution >= 4 is 5.91 Å². The molecule has 3 fully saturated rings. The Morgan fingerprint density at radius 1 is 1.35 bits per heavy atom. The molecule has 2 bridgehead atoms. The van der Waals surface area contributed by atoms with E-state index < -0.39 is 0 Å². The van der Waals surface area contributed by atoms with Crippen LogP contribution in [-0.4, -0.2) is 59.9 Å². The topological polar surface area (TPSA) is 60.9 Å². The van der Waals surface area contributed by atoms with Gasteiger partial charge in [0.2, 0.25) is 5.91 Å². The largest absolute Gasteiger partial charge is 0.378 e. The molecule has 2 aliphatic carbocycles. The molecule has 1 amide bonds. The number of ether oxygens (including phenoxy) is 3. The zero-order valence-corrected chi connectivity index (χ0v) is 15.4. The van der Waals surface area contributed by atoms with Crippen LogP contribution in [0.3, 0.4) is 0 Å². The van der Waals surface area contributed by atoms with Gasteiger partial charge in [0.05, 0.1) is 37.4 Å². The number of hydrogen-bond donors (Lipinski definition) is 0. The van der Waals surface area contributed by atoms with E-state index in [0.717, 1.165) is 37.7 Å². The minimum absolute atomic E-state index is 0.0606. The lowest BCUT2D eigenvalue weighted by molar-refractivity contribution is -0.148. The number of carbonyl (C=O) groups is 1. The highest BCUT2D eigenvalue weighted by Gasteiger charge is 2.47. The molecule has 1 aliphatic heterocycles. The summed E-state index contributed by atoms with van der Waals surface area (Å²) < 4.78 is 17.9. The van der Waals surface area contributed by atoms with Crippen molar-refractivity contribution in [2.75, 3.05) is 20.3 Å². The van der Waals surface area contributed by atoms with Crippen LogP contribution in [0.5, 0.6) is 0 Å². The predicted molar refractivity (Wildman–Crippen MR) is 95.5 cm³/mol. The van der Waals surface area contributed by atoms with Gasteiger partial charge in [0.25, 0.3) is 0 Å². The Labute approximate surface area is 154 Å². The van der Waals surface area contributed by atoms with E-state index in [4.69, 9.17) is 14.2 Å². The van der Waals surface area contributed by atoms with Gasteiger partial charge in [-0.25, -0.2) is 0 Å². The molecule has 0 spiro atoms. The average Bonchev–Trinajstić information content (AvgIpc) is 2.92. The Morgan fingerprint density at radius 2 is 2.15 bits per heavy atom. The van der Waals surface area contributed by atoms with Crippen molar-refractivity contribution < 1.29 is 19.0 Å². The summed E-state index contributed by atoms with van der Waals surface area (Å²) in [6.07, 6.45) is 9.04.